The van der Waals surface area contributed by atoms with E-state index in [1.165, 1.54) is 16.7 Å². The summed E-state index contributed by atoms with van der Waals surface area (Å²) in [4.78, 5) is 12.4. The Morgan fingerprint density at radius 3 is 2.95 bits per heavy atom. The summed E-state index contributed by atoms with van der Waals surface area (Å²) < 4.78 is 5.30. The van der Waals surface area contributed by atoms with Crippen molar-refractivity contribution in [3.05, 3.63) is 75.9 Å². The van der Waals surface area contributed by atoms with Gasteiger partial charge in [0.05, 0.1) is 7.11 Å². The Hall–Kier alpha value is -2.55. The second kappa shape index (κ2) is 4.48. The van der Waals surface area contributed by atoms with Gasteiger partial charge >= 0.3 is 0 Å². The van der Waals surface area contributed by atoms with E-state index in [9.17, 15) is 4.79 Å². The first kappa shape index (κ1) is 12.2. The first-order valence-corrected chi connectivity index (χ1v) is 7.05. The van der Waals surface area contributed by atoms with E-state index in [4.69, 9.17) is 4.74 Å². The molecule has 1 N–H and O–H groups in total. The number of hydrogen-bond donors (Lipinski definition) is 1. The van der Waals surface area contributed by atoms with Crippen LogP contribution in [0.4, 0.5) is 0 Å². The monoisotopic (exact) mass is 277 g/mol. The third kappa shape index (κ3) is 1.93. The van der Waals surface area contributed by atoms with Crippen molar-refractivity contribution >= 4 is 5.91 Å². The van der Waals surface area contributed by atoms with Crippen LogP contribution in [0.15, 0.2) is 70.4 Å². The lowest BCUT2D eigenvalue weighted by Crippen LogP contribution is -2.24. The Bertz CT molecular complexity index is 778. The van der Waals surface area contributed by atoms with Gasteiger partial charge in [-0.1, -0.05) is 24.3 Å². The molecular formula is C18H15NO2. The molecule has 0 bridgehead atoms. The van der Waals surface area contributed by atoms with Gasteiger partial charge in [0.25, 0.3) is 5.91 Å². The van der Waals surface area contributed by atoms with Crippen molar-refractivity contribution in [2.45, 2.75) is 13.0 Å². The summed E-state index contributed by atoms with van der Waals surface area (Å²) in [5.74, 6) is 0.769. The molecule has 1 saturated carbocycles. The largest absolute Gasteiger partial charge is 0.496 e. The highest BCUT2D eigenvalue weighted by molar-refractivity contribution is 6.01. The van der Waals surface area contributed by atoms with Crippen LogP contribution < -0.4 is 10.1 Å². The van der Waals surface area contributed by atoms with Crippen LogP contribution in [0.3, 0.4) is 0 Å². The fraction of sp³-hybridized carbons (Fsp3) is 0.167. The number of carbonyl (C=O) groups excluding carboxylic acids is 1. The summed E-state index contributed by atoms with van der Waals surface area (Å²) in [6.45, 7) is 0.468. The molecule has 1 amide bonds. The number of allylic oxidation sites excluding steroid dienone is 6. The Morgan fingerprint density at radius 1 is 1.24 bits per heavy atom. The summed E-state index contributed by atoms with van der Waals surface area (Å²) >= 11 is 0. The first-order chi connectivity index (χ1) is 10.3. The molecule has 1 aromatic rings. The second-order valence-electron chi connectivity index (χ2n) is 5.39. The smallest absolute Gasteiger partial charge is 0.252 e. The molecule has 0 aromatic heterocycles. The lowest BCUT2D eigenvalue weighted by atomic mass is 10.1. The number of ether oxygens (including phenoxy) is 1. The molecule has 0 heterocycles. The topological polar surface area (TPSA) is 38.3 Å². The number of fused-ring (bicyclic) bond motifs is 2. The van der Waals surface area contributed by atoms with Crippen molar-refractivity contribution in [3.8, 4) is 5.75 Å². The van der Waals surface area contributed by atoms with Crippen LogP contribution in [0.25, 0.3) is 0 Å². The molecule has 0 aliphatic heterocycles. The molecule has 0 saturated heterocycles. The third-order valence-electron chi connectivity index (χ3n) is 4.15. The van der Waals surface area contributed by atoms with E-state index in [0.29, 0.717) is 6.54 Å². The molecule has 104 valence electrons. The summed E-state index contributed by atoms with van der Waals surface area (Å²) in [5, 5.41) is 2.98. The molecule has 0 radical (unpaired) electrons. The minimum Gasteiger partial charge on any atom is -0.496 e. The fourth-order valence-electron chi connectivity index (χ4n) is 2.95. The Balaban J connectivity index is 1.51. The van der Waals surface area contributed by atoms with Gasteiger partial charge in [0.2, 0.25) is 0 Å². The number of carbonyl (C=O) groups is 1. The lowest BCUT2D eigenvalue weighted by molar-refractivity contribution is -0.117. The average Bonchev–Trinajstić information content (AvgIpc) is 3.00. The van der Waals surface area contributed by atoms with E-state index in [-0.39, 0.29) is 5.91 Å². The number of rotatable bonds is 4. The number of methoxy groups -OCH3 is 1. The van der Waals surface area contributed by atoms with Crippen LogP contribution in [0.2, 0.25) is 0 Å². The van der Waals surface area contributed by atoms with Crippen LogP contribution in [0.1, 0.15) is 12.0 Å². The number of nitrogens with one attached hydrogen (secondary N) is 1. The molecule has 1 aromatic carbocycles. The molecule has 3 aliphatic rings. The van der Waals surface area contributed by atoms with Crippen LogP contribution in [-0.2, 0) is 11.3 Å². The van der Waals surface area contributed by atoms with Crippen LogP contribution in [0, 0.1) is 0 Å². The van der Waals surface area contributed by atoms with Gasteiger partial charge in [-0.3, -0.25) is 4.79 Å². The molecule has 3 nitrogen and oxygen atoms in total. The predicted octanol–water partition coefficient (Wildman–Crippen LogP) is 2.82. The van der Waals surface area contributed by atoms with Gasteiger partial charge in [-0.05, 0) is 46.9 Å². The van der Waals surface area contributed by atoms with E-state index < -0.39 is 0 Å². The quantitative estimate of drug-likeness (QED) is 0.919. The SMILES string of the molecule is COc1ccccc1CNC(=O)C1=C2C=C3CC3=C2C=C1. The average molecular weight is 277 g/mol. The minimum absolute atomic E-state index is 0.0269. The maximum atomic E-state index is 12.4. The molecular weight excluding hydrogens is 262 g/mol. The number of para-hydroxylation sites is 1. The second-order valence-corrected chi connectivity index (χ2v) is 5.39. The molecule has 0 spiro atoms. The molecule has 1 fully saturated rings. The summed E-state index contributed by atoms with van der Waals surface area (Å²) in [5.41, 5.74) is 6.88. The van der Waals surface area contributed by atoms with Gasteiger partial charge in [-0.25, -0.2) is 0 Å². The normalized spacial score (nSPS) is 17.7. The number of amides is 1. The molecule has 3 heteroatoms. The maximum Gasteiger partial charge on any atom is 0.252 e. The van der Waals surface area contributed by atoms with Crippen molar-refractivity contribution in [2.75, 3.05) is 7.11 Å². The Kier molecular flexibility index (Phi) is 2.61. The van der Waals surface area contributed by atoms with E-state index in [1.54, 1.807) is 7.11 Å². The lowest BCUT2D eigenvalue weighted by Gasteiger charge is -2.10. The zero-order valence-corrected chi connectivity index (χ0v) is 11.8. The van der Waals surface area contributed by atoms with Crippen LogP contribution in [-0.4, -0.2) is 13.0 Å². The van der Waals surface area contributed by atoms with Crippen molar-refractivity contribution in [1.82, 2.24) is 5.32 Å². The van der Waals surface area contributed by atoms with Crippen molar-refractivity contribution in [2.24, 2.45) is 0 Å². The van der Waals surface area contributed by atoms with Gasteiger partial charge in [0.15, 0.2) is 0 Å². The fourth-order valence-corrected chi connectivity index (χ4v) is 2.95. The highest BCUT2D eigenvalue weighted by atomic mass is 16.5. The molecule has 21 heavy (non-hydrogen) atoms. The maximum absolute atomic E-state index is 12.4. The van der Waals surface area contributed by atoms with E-state index in [1.807, 2.05) is 30.3 Å². The van der Waals surface area contributed by atoms with Crippen LogP contribution >= 0.6 is 0 Å². The van der Waals surface area contributed by atoms with Crippen molar-refractivity contribution in [3.63, 3.8) is 0 Å². The van der Waals surface area contributed by atoms with E-state index in [2.05, 4.69) is 17.5 Å². The van der Waals surface area contributed by atoms with Gasteiger partial charge in [0, 0.05) is 17.7 Å². The summed E-state index contributed by atoms with van der Waals surface area (Å²) in [6.07, 6.45) is 7.21. The van der Waals surface area contributed by atoms with Crippen molar-refractivity contribution < 1.29 is 9.53 Å². The molecule has 3 aliphatic carbocycles. The molecule has 0 unspecified atom stereocenters. The number of benzene rings is 1. The number of hydrogen-bond acceptors (Lipinski definition) is 2. The highest BCUT2D eigenvalue weighted by Gasteiger charge is 2.35. The molecule has 4 rings (SSSR count). The Morgan fingerprint density at radius 2 is 2.10 bits per heavy atom. The van der Waals surface area contributed by atoms with Gasteiger partial charge in [-0.2, -0.15) is 0 Å². The zero-order valence-electron chi connectivity index (χ0n) is 11.8. The first-order valence-electron chi connectivity index (χ1n) is 7.05. The summed E-state index contributed by atoms with van der Waals surface area (Å²) in [7, 11) is 1.64. The standard InChI is InChI=1S/C18H15NO2/c1-21-17-5-3-2-4-11(17)10-19-18(20)14-7-6-13-15-8-12(15)9-16(13)14/h2-7,9H,8,10H2,1H3,(H,19,20). The van der Waals surface area contributed by atoms with Gasteiger partial charge in [0.1, 0.15) is 5.75 Å². The third-order valence-corrected chi connectivity index (χ3v) is 4.15. The predicted molar refractivity (Wildman–Crippen MR) is 80.7 cm³/mol. The van der Waals surface area contributed by atoms with Gasteiger partial charge < -0.3 is 10.1 Å². The minimum atomic E-state index is -0.0269. The van der Waals surface area contributed by atoms with E-state index >= 15 is 0 Å². The van der Waals surface area contributed by atoms with E-state index in [0.717, 1.165) is 28.9 Å². The Labute approximate surface area is 123 Å². The zero-order chi connectivity index (χ0) is 14.4. The molecule has 0 atom stereocenters. The van der Waals surface area contributed by atoms with Crippen LogP contribution in [0.5, 0.6) is 5.75 Å². The summed E-state index contributed by atoms with van der Waals surface area (Å²) in [6, 6.07) is 7.72. The van der Waals surface area contributed by atoms with Gasteiger partial charge in [-0.15, -0.1) is 0 Å². The highest BCUT2D eigenvalue weighted by Crippen LogP contribution is 2.51. The van der Waals surface area contributed by atoms with Crippen molar-refractivity contribution in [1.29, 1.82) is 0 Å².